The highest BCUT2D eigenvalue weighted by Gasteiger charge is 2.05. The molecule has 0 amide bonds. The lowest BCUT2D eigenvalue weighted by Crippen LogP contribution is -2.27. The Morgan fingerprint density at radius 1 is 0.182 bits per heavy atom. The monoisotopic (exact) mass is 620 g/mol. The molecule has 1 nitrogen and oxygen atoms in total. The zero-order valence-electron chi connectivity index (χ0n) is 31.7. The predicted molar refractivity (Wildman–Crippen MR) is 204 cm³/mol. The molecular formula is C43H89N. The maximum absolute atomic E-state index is 2.86. The fourth-order valence-corrected chi connectivity index (χ4v) is 7.04. The highest BCUT2D eigenvalue weighted by Crippen LogP contribution is 2.16. The number of hydrogen-bond acceptors (Lipinski definition) is 1. The molecule has 0 rings (SSSR count). The van der Waals surface area contributed by atoms with Gasteiger partial charge in [-0.1, -0.05) is 239 Å². The van der Waals surface area contributed by atoms with Crippen molar-refractivity contribution in [2.75, 3.05) is 19.6 Å². The average Bonchev–Trinajstić information content (AvgIpc) is 3.03. The molecule has 0 aromatic carbocycles. The van der Waals surface area contributed by atoms with Gasteiger partial charge in [0.1, 0.15) is 0 Å². The van der Waals surface area contributed by atoms with Gasteiger partial charge in [0.2, 0.25) is 0 Å². The van der Waals surface area contributed by atoms with Crippen LogP contribution in [0.2, 0.25) is 0 Å². The highest BCUT2D eigenvalue weighted by molar-refractivity contribution is 4.61. The van der Waals surface area contributed by atoms with Gasteiger partial charge in [0.25, 0.3) is 0 Å². The third-order valence-corrected chi connectivity index (χ3v) is 10.2. The number of hydrogen-bond donors (Lipinski definition) is 0. The second kappa shape index (κ2) is 41.0. The van der Waals surface area contributed by atoms with E-state index < -0.39 is 0 Å². The van der Waals surface area contributed by atoms with Crippen LogP contribution in [0, 0.1) is 0 Å². The van der Waals surface area contributed by atoms with Crippen LogP contribution in [0.25, 0.3) is 0 Å². The molecule has 0 aliphatic heterocycles. The Bertz CT molecular complexity index is 442. The van der Waals surface area contributed by atoms with E-state index in [1.807, 2.05) is 0 Å². The van der Waals surface area contributed by atoms with E-state index in [-0.39, 0.29) is 0 Å². The van der Waals surface area contributed by atoms with Gasteiger partial charge >= 0.3 is 0 Å². The quantitative estimate of drug-likeness (QED) is 0.0617. The SMILES string of the molecule is CCCCCCCCCCCCCCCCN(CCCCCCCCCCC)CCCCCCCCCCCCCCCC. The van der Waals surface area contributed by atoms with Crippen molar-refractivity contribution in [2.24, 2.45) is 0 Å². The first-order chi connectivity index (χ1) is 21.8. The molecule has 0 heterocycles. The molecule has 0 atom stereocenters. The normalized spacial score (nSPS) is 11.7. The largest absolute Gasteiger partial charge is 0.303 e. The van der Waals surface area contributed by atoms with Crippen molar-refractivity contribution >= 4 is 0 Å². The summed E-state index contributed by atoms with van der Waals surface area (Å²) in [5.74, 6) is 0. The van der Waals surface area contributed by atoms with Crippen LogP contribution < -0.4 is 0 Å². The molecule has 44 heavy (non-hydrogen) atoms. The molecule has 0 aliphatic rings. The third kappa shape index (κ3) is 38.1. The summed E-state index contributed by atoms with van der Waals surface area (Å²) in [5, 5.41) is 0. The second-order valence-corrected chi connectivity index (χ2v) is 14.9. The Kier molecular flexibility index (Phi) is 40.9. The molecule has 0 N–H and O–H groups in total. The van der Waals surface area contributed by atoms with E-state index in [9.17, 15) is 0 Å². The van der Waals surface area contributed by atoms with Crippen molar-refractivity contribution in [1.82, 2.24) is 4.90 Å². The summed E-state index contributed by atoms with van der Waals surface area (Å²) in [6.07, 6.45) is 54.1. The van der Waals surface area contributed by atoms with Crippen molar-refractivity contribution in [3.63, 3.8) is 0 Å². The Morgan fingerprint density at radius 3 is 0.477 bits per heavy atom. The number of rotatable bonds is 40. The van der Waals surface area contributed by atoms with Gasteiger partial charge in [0, 0.05) is 0 Å². The lowest BCUT2D eigenvalue weighted by Gasteiger charge is -2.22. The van der Waals surface area contributed by atoms with Crippen LogP contribution in [0.1, 0.15) is 258 Å². The maximum atomic E-state index is 2.86. The van der Waals surface area contributed by atoms with Crippen LogP contribution in [0.4, 0.5) is 0 Å². The zero-order valence-corrected chi connectivity index (χ0v) is 31.7. The molecule has 0 aliphatic carbocycles. The number of nitrogens with zero attached hydrogens (tertiary/aromatic N) is 1. The van der Waals surface area contributed by atoms with Crippen molar-refractivity contribution < 1.29 is 0 Å². The van der Waals surface area contributed by atoms with E-state index >= 15 is 0 Å². The minimum atomic E-state index is 1.37. The van der Waals surface area contributed by atoms with E-state index in [0.29, 0.717) is 0 Å². The summed E-state index contributed by atoms with van der Waals surface area (Å²) in [6.45, 7) is 11.1. The highest BCUT2D eigenvalue weighted by atomic mass is 15.1. The first-order valence-corrected chi connectivity index (χ1v) is 21.6. The van der Waals surface area contributed by atoms with Crippen LogP contribution >= 0.6 is 0 Å². The van der Waals surface area contributed by atoms with Crippen molar-refractivity contribution in [3.8, 4) is 0 Å². The topological polar surface area (TPSA) is 3.24 Å². The molecule has 0 unspecified atom stereocenters. The standard InChI is InChI=1S/C43H89N/c1-4-7-10-13-16-19-21-23-25-27-30-33-36-39-42-44(41-38-35-32-29-18-15-12-9-6-3)43-40-37-34-31-28-26-24-22-20-17-14-11-8-5-2/h4-43H2,1-3H3. The van der Waals surface area contributed by atoms with Gasteiger partial charge in [0.05, 0.1) is 0 Å². The van der Waals surface area contributed by atoms with Crippen molar-refractivity contribution in [2.45, 2.75) is 258 Å². The summed E-state index contributed by atoms with van der Waals surface area (Å²) >= 11 is 0. The molecule has 0 saturated carbocycles. The fraction of sp³-hybridized carbons (Fsp3) is 1.00. The maximum Gasteiger partial charge on any atom is -0.00187 e. The van der Waals surface area contributed by atoms with E-state index in [2.05, 4.69) is 25.7 Å². The molecule has 0 aromatic heterocycles. The summed E-state index contributed by atoms with van der Waals surface area (Å²) in [5.41, 5.74) is 0. The first-order valence-electron chi connectivity index (χ1n) is 21.6. The van der Waals surface area contributed by atoms with Crippen LogP contribution in [-0.4, -0.2) is 24.5 Å². The van der Waals surface area contributed by atoms with Crippen LogP contribution in [0.3, 0.4) is 0 Å². The van der Waals surface area contributed by atoms with E-state index in [1.165, 1.54) is 257 Å². The Labute approximate surface area is 282 Å². The Morgan fingerprint density at radius 2 is 0.318 bits per heavy atom. The van der Waals surface area contributed by atoms with Gasteiger partial charge in [0.15, 0.2) is 0 Å². The molecule has 1 heteroatoms. The lowest BCUT2D eigenvalue weighted by atomic mass is 10.0. The zero-order chi connectivity index (χ0) is 31.9. The third-order valence-electron chi connectivity index (χ3n) is 10.2. The molecule has 0 spiro atoms. The van der Waals surface area contributed by atoms with Gasteiger partial charge in [-0.3, -0.25) is 0 Å². The van der Waals surface area contributed by atoms with E-state index in [0.717, 1.165) is 0 Å². The minimum absolute atomic E-state index is 1.37. The molecule has 0 aromatic rings. The molecule has 0 radical (unpaired) electrons. The molecule has 266 valence electrons. The van der Waals surface area contributed by atoms with Crippen molar-refractivity contribution in [3.05, 3.63) is 0 Å². The van der Waals surface area contributed by atoms with Gasteiger partial charge in [-0.2, -0.15) is 0 Å². The second-order valence-electron chi connectivity index (χ2n) is 14.9. The summed E-state index contributed by atoms with van der Waals surface area (Å²) < 4.78 is 0. The van der Waals surface area contributed by atoms with Crippen LogP contribution in [-0.2, 0) is 0 Å². The smallest absolute Gasteiger partial charge is 0.00187 e. The van der Waals surface area contributed by atoms with Gasteiger partial charge in [-0.05, 0) is 38.9 Å². The molecular weight excluding hydrogens is 530 g/mol. The first kappa shape index (κ1) is 44.0. The van der Waals surface area contributed by atoms with Crippen LogP contribution in [0.5, 0.6) is 0 Å². The van der Waals surface area contributed by atoms with Crippen molar-refractivity contribution in [1.29, 1.82) is 0 Å². The molecule has 0 bridgehead atoms. The minimum Gasteiger partial charge on any atom is -0.303 e. The summed E-state index contributed by atoms with van der Waals surface area (Å²) in [6, 6.07) is 0. The van der Waals surface area contributed by atoms with E-state index in [1.54, 1.807) is 0 Å². The molecule has 0 fully saturated rings. The van der Waals surface area contributed by atoms with Gasteiger partial charge in [-0.15, -0.1) is 0 Å². The van der Waals surface area contributed by atoms with Crippen LogP contribution in [0.15, 0.2) is 0 Å². The van der Waals surface area contributed by atoms with Gasteiger partial charge in [-0.25, -0.2) is 0 Å². The summed E-state index contributed by atoms with van der Waals surface area (Å²) in [4.78, 5) is 2.86. The van der Waals surface area contributed by atoms with E-state index in [4.69, 9.17) is 0 Å². The average molecular weight is 620 g/mol. The summed E-state index contributed by atoms with van der Waals surface area (Å²) in [7, 11) is 0. The molecule has 0 saturated heterocycles. The Balaban J connectivity index is 3.85. The lowest BCUT2D eigenvalue weighted by molar-refractivity contribution is 0.254. The van der Waals surface area contributed by atoms with Gasteiger partial charge < -0.3 is 4.90 Å². The Hall–Kier alpha value is -0.0400. The number of unbranched alkanes of at least 4 members (excludes halogenated alkanes) is 34. The fourth-order valence-electron chi connectivity index (χ4n) is 7.04. The predicted octanol–water partition coefficient (Wildman–Crippen LogP) is 15.8.